The minimum absolute atomic E-state index is 0.169. The second kappa shape index (κ2) is 10.0. The van der Waals surface area contributed by atoms with Crippen LogP contribution < -0.4 is 9.80 Å². The molecule has 0 spiro atoms. The molecule has 2 aromatic heterocycles. The molecule has 4 heterocycles. The van der Waals surface area contributed by atoms with Crippen LogP contribution in [0.25, 0.3) is 31.5 Å². The van der Waals surface area contributed by atoms with Crippen LogP contribution in [0, 0.1) is 0 Å². The lowest BCUT2D eigenvalue weighted by Crippen LogP contribution is -2.33. The first-order valence-corrected chi connectivity index (χ1v) is 17.8. The highest BCUT2D eigenvalue weighted by Crippen LogP contribution is 2.58. The summed E-state index contributed by atoms with van der Waals surface area (Å²) < 4.78 is 1.20. The van der Waals surface area contributed by atoms with Gasteiger partial charge in [0.2, 0.25) is 0 Å². The molecule has 6 aromatic carbocycles. The Balaban J connectivity index is 1.35. The van der Waals surface area contributed by atoms with E-state index in [1.165, 1.54) is 49.7 Å². The van der Waals surface area contributed by atoms with Crippen LogP contribution in [0.3, 0.4) is 0 Å². The molecule has 8 aromatic rings. The largest absolute Gasteiger partial charge is 0.308 e. The molecular formula is C44H34N4S. The fraction of sp³-hybridized carbons (Fsp3) is 0.136. The Labute approximate surface area is 289 Å². The second-order valence-corrected chi connectivity index (χ2v) is 15.3. The molecule has 0 unspecified atom stereocenters. The summed E-state index contributed by atoms with van der Waals surface area (Å²) in [4.78, 5) is 16.6. The van der Waals surface area contributed by atoms with Crippen molar-refractivity contribution >= 4 is 76.9 Å². The lowest BCUT2D eigenvalue weighted by Gasteiger charge is -2.45. The number of aromatic nitrogens is 2. The lowest BCUT2D eigenvalue weighted by molar-refractivity contribution is 0.630. The monoisotopic (exact) mass is 650 g/mol. The van der Waals surface area contributed by atoms with E-state index in [-0.39, 0.29) is 10.8 Å². The molecule has 0 saturated carbocycles. The average Bonchev–Trinajstić information content (AvgIpc) is 3.48. The average molecular weight is 651 g/mol. The molecule has 0 bridgehead atoms. The van der Waals surface area contributed by atoms with E-state index >= 15 is 0 Å². The van der Waals surface area contributed by atoms with Gasteiger partial charge in [-0.3, -0.25) is 0 Å². The van der Waals surface area contributed by atoms with E-state index in [1.807, 2.05) is 0 Å². The Morgan fingerprint density at radius 2 is 0.837 bits per heavy atom. The number of anilines is 6. The SMILES string of the molecule is CC1(C)c2ccccc2N(c2cc3nc4sc5ccccc5c4nc3cc2N2c3ccccc3C(C)(C)c3ccccc32)c2ccccc21. The Bertz CT molecular complexity index is 2550. The molecule has 4 nitrogen and oxygen atoms in total. The van der Waals surface area contributed by atoms with Crippen molar-refractivity contribution in [3.8, 4) is 0 Å². The summed E-state index contributed by atoms with van der Waals surface area (Å²) in [6.07, 6.45) is 0. The first-order valence-electron chi connectivity index (χ1n) is 16.9. The highest BCUT2D eigenvalue weighted by molar-refractivity contribution is 7.25. The summed E-state index contributed by atoms with van der Waals surface area (Å²) in [5, 5.41) is 1.15. The minimum Gasteiger partial charge on any atom is -0.308 e. The molecule has 10 rings (SSSR count). The standard InChI is InChI=1S/C44H34N4S/c1-43(2)28-16-6-10-20-34(28)47(35-21-11-7-17-29(35)43)38-25-32-33(46-42-41(45-32)27-15-5-14-24-40(27)49-42)26-39(38)48-36-22-12-8-18-30(36)44(3,4)31-19-9-13-23-37(31)48/h5-26H,1-4H3. The molecule has 2 aliphatic rings. The van der Waals surface area contributed by atoms with E-state index in [9.17, 15) is 0 Å². The van der Waals surface area contributed by atoms with Crippen LogP contribution in [-0.2, 0) is 10.8 Å². The van der Waals surface area contributed by atoms with Gasteiger partial charge in [-0.25, -0.2) is 9.97 Å². The van der Waals surface area contributed by atoms with Crippen LogP contribution in [-0.4, -0.2) is 9.97 Å². The fourth-order valence-electron chi connectivity index (χ4n) is 8.38. The van der Waals surface area contributed by atoms with Gasteiger partial charge in [-0.15, -0.1) is 11.3 Å². The first kappa shape index (κ1) is 28.5. The Kier molecular flexibility index (Phi) is 5.82. The molecule has 236 valence electrons. The maximum absolute atomic E-state index is 5.36. The van der Waals surface area contributed by atoms with Gasteiger partial charge in [0.1, 0.15) is 10.3 Å². The van der Waals surface area contributed by atoms with Crippen LogP contribution in [0.4, 0.5) is 34.1 Å². The van der Waals surface area contributed by atoms with Crippen molar-refractivity contribution in [2.45, 2.75) is 38.5 Å². The molecule has 0 atom stereocenters. The molecule has 0 radical (unpaired) electrons. The predicted molar refractivity (Wildman–Crippen MR) is 206 cm³/mol. The van der Waals surface area contributed by atoms with Gasteiger partial charge in [0, 0.05) is 20.9 Å². The van der Waals surface area contributed by atoms with E-state index in [0.29, 0.717) is 0 Å². The van der Waals surface area contributed by atoms with Crippen molar-refractivity contribution in [2.24, 2.45) is 0 Å². The number of para-hydroxylation sites is 4. The van der Waals surface area contributed by atoms with E-state index in [0.717, 1.165) is 38.1 Å². The minimum atomic E-state index is -0.170. The second-order valence-electron chi connectivity index (χ2n) is 14.3. The summed E-state index contributed by atoms with van der Waals surface area (Å²) in [6, 6.07) is 48.6. The molecule has 0 N–H and O–H groups in total. The fourth-order valence-corrected chi connectivity index (χ4v) is 9.41. The van der Waals surface area contributed by atoms with E-state index < -0.39 is 0 Å². The van der Waals surface area contributed by atoms with Crippen LogP contribution in [0.2, 0.25) is 0 Å². The number of rotatable bonds is 2. The number of hydrogen-bond acceptors (Lipinski definition) is 5. The zero-order valence-electron chi connectivity index (χ0n) is 27.9. The quantitative estimate of drug-likeness (QED) is 0.186. The third-order valence-electron chi connectivity index (χ3n) is 10.8. The molecule has 49 heavy (non-hydrogen) atoms. The number of benzene rings is 6. The zero-order chi connectivity index (χ0) is 33.1. The molecule has 2 aliphatic heterocycles. The van der Waals surface area contributed by atoms with Crippen molar-refractivity contribution in [3.05, 3.63) is 156 Å². The van der Waals surface area contributed by atoms with E-state index in [2.05, 4.69) is 171 Å². The van der Waals surface area contributed by atoms with Crippen LogP contribution in [0.5, 0.6) is 0 Å². The maximum atomic E-state index is 5.36. The number of nitrogens with zero attached hydrogens (tertiary/aromatic N) is 4. The number of hydrogen-bond donors (Lipinski definition) is 0. The summed E-state index contributed by atoms with van der Waals surface area (Å²) in [6.45, 7) is 9.36. The van der Waals surface area contributed by atoms with Crippen LogP contribution in [0.1, 0.15) is 49.9 Å². The van der Waals surface area contributed by atoms with Gasteiger partial charge >= 0.3 is 0 Å². The molecule has 5 heteroatoms. The van der Waals surface area contributed by atoms with Crippen LogP contribution >= 0.6 is 11.3 Å². The van der Waals surface area contributed by atoms with Gasteiger partial charge in [-0.1, -0.05) is 119 Å². The Morgan fingerprint density at radius 3 is 1.31 bits per heavy atom. The Hall–Kier alpha value is -5.52. The summed E-state index contributed by atoms with van der Waals surface area (Å²) in [5.41, 5.74) is 14.4. The van der Waals surface area contributed by atoms with Crippen LogP contribution in [0.15, 0.2) is 133 Å². The molecule has 0 amide bonds. The van der Waals surface area contributed by atoms with Crippen molar-refractivity contribution in [3.63, 3.8) is 0 Å². The van der Waals surface area contributed by atoms with Crippen molar-refractivity contribution in [1.29, 1.82) is 0 Å². The van der Waals surface area contributed by atoms with Gasteiger partial charge in [-0.05, 0) is 64.7 Å². The van der Waals surface area contributed by atoms with Crippen molar-refractivity contribution < 1.29 is 0 Å². The summed E-state index contributed by atoms with van der Waals surface area (Å²) >= 11 is 1.71. The number of fused-ring (bicyclic) bond motifs is 8. The van der Waals surface area contributed by atoms with Gasteiger partial charge in [0.05, 0.1) is 45.2 Å². The molecule has 0 aliphatic carbocycles. The molecular weight excluding hydrogens is 617 g/mol. The zero-order valence-corrected chi connectivity index (χ0v) is 28.7. The first-order chi connectivity index (χ1) is 23.8. The van der Waals surface area contributed by atoms with E-state index in [1.54, 1.807) is 11.3 Å². The van der Waals surface area contributed by atoms with Gasteiger partial charge in [0.25, 0.3) is 0 Å². The molecule has 0 fully saturated rings. The third kappa shape index (κ3) is 3.91. The number of thiophene rings is 1. The predicted octanol–water partition coefficient (Wildman–Crippen LogP) is 12.2. The van der Waals surface area contributed by atoms with Gasteiger partial charge in [0.15, 0.2) is 0 Å². The van der Waals surface area contributed by atoms with Gasteiger partial charge < -0.3 is 9.80 Å². The third-order valence-corrected chi connectivity index (χ3v) is 11.9. The highest BCUT2D eigenvalue weighted by atomic mass is 32.1. The summed E-state index contributed by atoms with van der Waals surface area (Å²) in [5.74, 6) is 0. The van der Waals surface area contributed by atoms with Crippen molar-refractivity contribution in [1.82, 2.24) is 9.97 Å². The normalized spacial score (nSPS) is 15.6. The Morgan fingerprint density at radius 1 is 0.449 bits per heavy atom. The van der Waals surface area contributed by atoms with E-state index in [4.69, 9.17) is 9.97 Å². The summed E-state index contributed by atoms with van der Waals surface area (Å²) in [7, 11) is 0. The lowest BCUT2D eigenvalue weighted by atomic mass is 9.73. The smallest absolute Gasteiger partial charge is 0.143 e. The van der Waals surface area contributed by atoms with Crippen molar-refractivity contribution in [2.75, 3.05) is 9.80 Å². The highest BCUT2D eigenvalue weighted by Gasteiger charge is 2.41. The van der Waals surface area contributed by atoms with Gasteiger partial charge in [-0.2, -0.15) is 0 Å². The molecule has 0 saturated heterocycles. The maximum Gasteiger partial charge on any atom is 0.143 e. The topological polar surface area (TPSA) is 32.3 Å².